The van der Waals surface area contributed by atoms with Crippen LogP contribution < -0.4 is 0 Å². The highest BCUT2D eigenvalue weighted by Crippen LogP contribution is 2.50. The molecule has 0 aliphatic carbocycles. The van der Waals surface area contributed by atoms with E-state index in [1.54, 1.807) is 30.1 Å². The number of nitro benzene ring substituents is 1. The minimum Gasteiger partial charge on any atom is -0.338 e. The lowest BCUT2D eigenvalue weighted by atomic mass is 9.94. The van der Waals surface area contributed by atoms with Gasteiger partial charge in [-0.3, -0.25) is 20.1 Å². The van der Waals surface area contributed by atoms with Crippen LogP contribution >= 0.6 is 11.8 Å². The topological polar surface area (TPSA) is 71.6 Å². The van der Waals surface area contributed by atoms with Gasteiger partial charge in [0.1, 0.15) is 6.04 Å². The van der Waals surface area contributed by atoms with Gasteiger partial charge in [0.05, 0.1) is 22.2 Å². The quantitative estimate of drug-likeness (QED) is 0.614. The second kappa shape index (κ2) is 6.48. The zero-order valence-electron chi connectivity index (χ0n) is 13.8. The summed E-state index contributed by atoms with van der Waals surface area (Å²) in [5, 5.41) is 12.6. The van der Waals surface area contributed by atoms with Gasteiger partial charge in [-0.05, 0) is 24.6 Å². The van der Waals surface area contributed by atoms with Crippen molar-refractivity contribution in [3.63, 3.8) is 0 Å². The molecule has 6 nitrogen and oxygen atoms in total. The van der Waals surface area contributed by atoms with E-state index in [4.69, 9.17) is 4.99 Å². The molecule has 1 fully saturated rings. The predicted octanol–water partition coefficient (Wildman–Crippen LogP) is 3.97. The summed E-state index contributed by atoms with van der Waals surface area (Å²) in [6.45, 7) is 2.15. The van der Waals surface area contributed by atoms with Crippen LogP contribution in [0.5, 0.6) is 0 Å². The van der Waals surface area contributed by atoms with Gasteiger partial charge in [-0.25, -0.2) is 0 Å². The number of amidine groups is 1. The number of benzene rings is 1. The highest BCUT2D eigenvalue weighted by atomic mass is 32.2. The van der Waals surface area contributed by atoms with Crippen molar-refractivity contribution in [2.75, 3.05) is 5.75 Å². The molecule has 4 rings (SSSR count). The molecule has 25 heavy (non-hydrogen) atoms. The van der Waals surface area contributed by atoms with E-state index < -0.39 is 0 Å². The molecule has 2 aliphatic heterocycles. The van der Waals surface area contributed by atoms with E-state index in [-0.39, 0.29) is 22.7 Å². The van der Waals surface area contributed by atoms with Crippen molar-refractivity contribution < 1.29 is 4.92 Å². The molecule has 7 heteroatoms. The maximum absolute atomic E-state index is 11.6. The van der Waals surface area contributed by atoms with Crippen molar-refractivity contribution in [3.05, 3.63) is 70.0 Å². The van der Waals surface area contributed by atoms with Crippen molar-refractivity contribution in [1.82, 2.24) is 9.88 Å². The summed E-state index contributed by atoms with van der Waals surface area (Å²) in [7, 11) is 0. The van der Waals surface area contributed by atoms with Gasteiger partial charge in [0.25, 0.3) is 5.69 Å². The summed E-state index contributed by atoms with van der Waals surface area (Å²) in [4.78, 5) is 22.9. The van der Waals surface area contributed by atoms with Crippen LogP contribution in [-0.2, 0) is 0 Å². The Kier molecular flexibility index (Phi) is 4.17. The maximum atomic E-state index is 11.6. The van der Waals surface area contributed by atoms with Crippen LogP contribution in [0.1, 0.15) is 36.7 Å². The number of aromatic nitrogens is 1. The van der Waals surface area contributed by atoms with Gasteiger partial charge >= 0.3 is 0 Å². The first kappa shape index (κ1) is 16.1. The highest BCUT2D eigenvalue weighted by molar-refractivity contribution is 8.14. The number of pyridine rings is 1. The molecule has 3 atom stereocenters. The van der Waals surface area contributed by atoms with E-state index in [0.29, 0.717) is 11.6 Å². The first-order valence-electron chi connectivity index (χ1n) is 8.34. The van der Waals surface area contributed by atoms with Crippen LogP contribution in [0.2, 0.25) is 0 Å². The zero-order chi connectivity index (χ0) is 17.4. The van der Waals surface area contributed by atoms with Crippen LogP contribution in [0.15, 0.2) is 53.7 Å². The summed E-state index contributed by atoms with van der Waals surface area (Å²) in [5.41, 5.74) is 1.71. The third-order valence-electron chi connectivity index (χ3n) is 4.78. The van der Waals surface area contributed by atoms with Crippen LogP contribution in [0, 0.1) is 10.1 Å². The summed E-state index contributed by atoms with van der Waals surface area (Å²) in [6.07, 6.45) is 2.73. The molecule has 0 unspecified atom stereocenters. The van der Waals surface area contributed by atoms with Crippen molar-refractivity contribution in [2.24, 2.45) is 4.99 Å². The minimum absolute atomic E-state index is 0.150. The van der Waals surface area contributed by atoms with Gasteiger partial charge in [-0.2, -0.15) is 0 Å². The van der Waals surface area contributed by atoms with Gasteiger partial charge < -0.3 is 4.90 Å². The Morgan fingerprint density at radius 1 is 1.28 bits per heavy atom. The molecule has 0 N–H and O–H groups in total. The minimum atomic E-state index is -0.299. The van der Waals surface area contributed by atoms with E-state index in [1.165, 1.54) is 0 Å². The van der Waals surface area contributed by atoms with Crippen molar-refractivity contribution >= 4 is 22.6 Å². The molecule has 1 saturated heterocycles. The van der Waals surface area contributed by atoms with Crippen molar-refractivity contribution in [3.8, 4) is 0 Å². The van der Waals surface area contributed by atoms with Crippen LogP contribution in [0.25, 0.3) is 0 Å². The van der Waals surface area contributed by atoms with Crippen LogP contribution in [-0.4, -0.2) is 31.8 Å². The molecule has 0 radical (unpaired) electrons. The Balaban J connectivity index is 1.85. The monoisotopic (exact) mass is 354 g/mol. The summed E-state index contributed by atoms with van der Waals surface area (Å²) in [5.74, 6) is 0.974. The number of para-hydroxylation sites is 1. The highest BCUT2D eigenvalue weighted by Gasteiger charge is 2.47. The van der Waals surface area contributed by atoms with Gasteiger partial charge in [0, 0.05) is 24.1 Å². The Hall–Kier alpha value is -2.41. The van der Waals surface area contributed by atoms with Gasteiger partial charge in [-0.1, -0.05) is 36.9 Å². The second-order valence-electron chi connectivity index (χ2n) is 6.15. The molecule has 0 spiro atoms. The van der Waals surface area contributed by atoms with Crippen molar-refractivity contribution in [1.29, 1.82) is 0 Å². The fourth-order valence-electron chi connectivity index (χ4n) is 3.59. The molecule has 3 heterocycles. The number of hydrogen-bond acceptors (Lipinski definition) is 6. The smallest absolute Gasteiger partial charge is 0.274 e. The van der Waals surface area contributed by atoms with Gasteiger partial charge in [0.15, 0.2) is 5.17 Å². The van der Waals surface area contributed by atoms with E-state index >= 15 is 0 Å². The average molecular weight is 354 g/mol. The Bertz CT molecular complexity index is 827. The third-order valence-corrected chi connectivity index (χ3v) is 5.91. The van der Waals surface area contributed by atoms with E-state index in [1.807, 2.05) is 30.3 Å². The predicted molar refractivity (Wildman–Crippen MR) is 98.6 cm³/mol. The lowest BCUT2D eigenvalue weighted by Gasteiger charge is -2.31. The summed E-state index contributed by atoms with van der Waals surface area (Å²) >= 11 is 1.74. The number of nitro groups is 1. The van der Waals surface area contributed by atoms with Crippen LogP contribution in [0.4, 0.5) is 5.69 Å². The van der Waals surface area contributed by atoms with Crippen molar-refractivity contribution in [2.45, 2.75) is 31.5 Å². The average Bonchev–Trinajstić information content (AvgIpc) is 3.21. The first-order valence-corrected chi connectivity index (χ1v) is 9.32. The van der Waals surface area contributed by atoms with Gasteiger partial charge in [-0.15, -0.1) is 0 Å². The number of rotatable bonds is 4. The Labute approximate surface area is 150 Å². The van der Waals surface area contributed by atoms with E-state index in [2.05, 4.69) is 16.8 Å². The molecule has 128 valence electrons. The number of nitrogens with zero attached hydrogens (tertiary/aromatic N) is 4. The normalized spacial score (nSPS) is 24.9. The van der Waals surface area contributed by atoms with E-state index in [9.17, 15) is 10.1 Å². The molecular weight excluding hydrogens is 336 g/mol. The SMILES string of the molecule is CC[C@@H]1CSC2=N[C@@H](c3ccccn3)[C@H](c3ccccc3[N+](=O)[O-])N21. The fraction of sp³-hybridized carbons (Fsp3) is 0.333. The molecular formula is C18H18N4O2S. The number of fused-ring (bicyclic) bond motifs is 1. The Morgan fingerprint density at radius 3 is 2.80 bits per heavy atom. The second-order valence-corrected chi connectivity index (χ2v) is 7.14. The molecule has 0 amide bonds. The molecule has 0 saturated carbocycles. The number of aliphatic imine (C=N–C) groups is 1. The lowest BCUT2D eigenvalue weighted by molar-refractivity contribution is -0.386. The third kappa shape index (κ3) is 2.68. The first-order chi connectivity index (χ1) is 12.2. The van der Waals surface area contributed by atoms with Gasteiger partial charge in [0.2, 0.25) is 0 Å². The lowest BCUT2D eigenvalue weighted by Crippen LogP contribution is -2.35. The standard InChI is InChI=1S/C18H18N4O2S/c1-2-12-11-25-18-20-16(14-8-5-6-10-19-14)17(21(12)18)13-7-3-4-9-15(13)22(23)24/h3-10,12,16-17H,2,11H2,1H3/t12-,16+,17+/m1/s1. The molecule has 0 bridgehead atoms. The maximum Gasteiger partial charge on any atom is 0.274 e. The molecule has 2 aromatic rings. The largest absolute Gasteiger partial charge is 0.338 e. The van der Waals surface area contributed by atoms with E-state index in [0.717, 1.165) is 23.0 Å². The zero-order valence-corrected chi connectivity index (χ0v) is 14.6. The summed E-state index contributed by atoms with van der Waals surface area (Å²) in [6, 6.07) is 12.7. The Morgan fingerprint density at radius 2 is 2.08 bits per heavy atom. The molecule has 2 aliphatic rings. The molecule has 1 aromatic carbocycles. The summed E-state index contributed by atoms with van der Waals surface area (Å²) < 4.78 is 0. The number of hydrogen-bond donors (Lipinski definition) is 0. The number of thioether (sulfide) groups is 1. The van der Waals surface area contributed by atoms with Crippen LogP contribution in [0.3, 0.4) is 0 Å². The fourth-order valence-corrected chi connectivity index (χ4v) is 4.93. The molecule has 1 aromatic heterocycles.